The number of aliphatic hydroxyl groups excluding tert-OH is 1. The summed E-state index contributed by atoms with van der Waals surface area (Å²) in [6, 6.07) is -0.121. The summed E-state index contributed by atoms with van der Waals surface area (Å²) in [5.74, 6) is -1.10. The molecule has 1 rings (SSSR count). The predicted octanol–water partition coefficient (Wildman–Crippen LogP) is 0.615. The van der Waals surface area contributed by atoms with Crippen LogP contribution in [0.25, 0.3) is 0 Å². The van der Waals surface area contributed by atoms with Crippen LogP contribution in [0.5, 0.6) is 0 Å². The van der Waals surface area contributed by atoms with Crippen molar-refractivity contribution >= 4 is 11.9 Å². The van der Waals surface area contributed by atoms with E-state index in [9.17, 15) is 14.7 Å². The normalized spacial score (nSPS) is 21.6. The molecule has 5 heteroatoms. The Bertz CT molecular complexity index is 254. The Balaban J connectivity index is 2.52. The lowest BCUT2D eigenvalue weighted by Gasteiger charge is -2.28. The van der Waals surface area contributed by atoms with Crippen molar-refractivity contribution < 1.29 is 19.8 Å². The number of likely N-dealkylation sites (tertiary alicyclic amines) is 1. The lowest BCUT2D eigenvalue weighted by atomic mass is 10.1. The summed E-state index contributed by atoms with van der Waals surface area (Å²) in [5, 5.41) is 17.7. The molecule has 1 aliphatic heterocycles. The fourth-order valence-electron chi connectivity index (χ4n) is 2.05. The fourth-order valence-corrected chi connectivity index (χ4v) is 2.05. The minimum atomic E-state index is -0.955. The average Bonchev–Trinajstić information content (AvgIpc) is 2.50. The standard InChI is InChI=1S/C11H19NO4/c13-8-9-4-2-1-3-7-12(9)10(14)5-6-11(15)16/h9,13H,1-8H2,(H,15,16). The number of carbonyl (C=O) groups is 2. The molecule has 1 unspecified atom stereocenters. The van der Waals surface area contributed by atoms with E-state index in [0.717, 1.165) is 25.7 Å². The first-order valence-electron chi connectivity index (χ1n) is 5.77. The molecule has 1 amide bonds. The van der Waals surface area contributed by atoms with E-state index in [2.05, 4.69) is 0 Å². The Morgan fingerprint density at radius 1 is 1.19 bits per heavy atom. The molecule has 16 heavy (non-hydrogen) atoms. The van der Waals surface area contributed by atoms with Gasteiger partial charge in [0.25, 0.3) is 0 Å². The van der Waals surface area contributed by atoms with Crippen LogP contribution < -0.4 is 0 Å². The average molecular weight is 229 g/mol. The van der Waals surface area contributed by atoms with E-state index in [1.165, 1.54) is 0 Å². The summed E-state index contributed by atoms with van der Waals surface area (Å²) in [4.78, 5) is 23.8. The molecular formula is C11H19NO4. The third-order valence-corrected chi connectivity index (χ3v) is 2.96. The van der Waals surface area contributed by atoms with Crippen molar-refractivity contribution in [3.05, 3.63) is 0 Å². The second kappa shape index (κ2) is 6.48. The van der Waals surface area contributed by atoms with Crippen LogP contribution in [0, 0.1) is 0 Å². The van der Waals surface area contributed by atoms with Crippen LogP contribution in [0.2, 0.25) is 0 Å². The third kappa shape index (κ3) is 3.81. The van der Waals surface area contributed by atoms with Gasteiger partial charge in [0.05, 0.1) is 19.1 Å². The molecule has 0 spiro atoms. The lowest BCUT2D eigenvalue weighted by molar-refractivity contribution is -0.142. The first kappa shape index (κ1) is 13.0. The predicted molar refractivity (Wildman–Crippen MR) is 57.9 cm³/mol. The van der Waals surface area contributed by atoms with E-state index in [-0.39, 0.29) is 31.4 Å². The molecule has 0 aromatic carbocycles. The smallest absolute Gasteiger partial charge is 0.303 e. The second-order valence-corrected chi connectivity index (χ2v) is 4.17. The Kier molecular flexibility index (Phi) is 5.25. The van der Waals surface area contributed by atoms with E-state index in [0.29, 0.717) is 6.54 Å². The highest BCUT2D eigenvalue weighted by molar-refractivity contribution is 5.81. The van der Waals surface area contributed by atoms with E-state index in [4.69, 9.17) is 5.11 Å². The molecule has 1 aliphatic rings. The largest absolute Gasteiger partial charge is 0.481 e. The molecule has 0 aliphatic carbocycles. The second-order valence-electron chi connectivity index (χ2n) is 4.17. The van der Waals surface area contributed by atoms with Gasteiger partial charge >= 0.3 is 5.97 Å². The van der Waals surface area contributed by atoms with Crippen molar-refractivity contribution in [2.45, 2.75) is 44.6 Å². The maximum Gasteiger partial charge on any atom is 0.303 e. The zero-order valence-corrected chi connectivity index (χ0v) is 9.39. The van der Waals surface area contributed by atoms with Gasteiger partial charge in [-0.05, 0) is 12.8 Å². The molecule has 1 fully saturated rings. The zero-order valence-electron chi connectivity index (χ0n) is 9.39. The fraction of sp³-hybridized carbons (Fsp3) is 0.818. The van der Waals surface area contributed by atoms with Crippen LogP contribution in [0.4, 0.5) is 0 Å². The Hall–Kier alpha value is -1.10. The maximum atomic E-state index is 11.8. The number of hydrogen-bond donors (Lipinski definition) is 2. The molecule has 92 valence electrons. The van der Waals surface area contributed by atoms with Crippen LogP contribution in [0.3, 0.4) is 0 Å². The molecule has 0 radical (unpaired) electrons. The van der Waals surface area contributed by atoms with E-state index in [1.54, 1.807) is 4.90 Å². The minimum Gasteiger partial charge on any atom is -0.481 e. The molecule has 0 aromatic rings. The molecule has 0 bridgehead atoms. The molecule has 1 saturated heterocycles. The summed E-state index contributed by atoms with van der Waals surface area (Å²) in [6.07, 6.45) is 3.75. The number of carbonyl (C=O) groups excluding carboxylic acids is 1. The Morgan fingerprint density at radius 3 is 2.56 bits per heavy atom. The SMILES string of the molecule is O=C(O)CCC(=O)N1CCCCCC1CO. The van der Waals surface area contributed by atoms with Gasteiger partial charge in [-0.15, -0.1) is 0 Å². The highest BCUT2D eigenvalue weighted by Gasteiger charge is 2.24. The van der Waals surface area contributed by atoms with Crippen LogP contribution in [-0.4, -0.2) is 46.2 Å². The topological polar surface area (TPSA) is 77.8 Å². The number of carboxylic acid groups (broad SMARTS) is 1. The molecule has 1 heterocycles. The van der Waals surface area contributed by atoms with E-state index >= 15 is 0 Å². The summed E-state index contributed by atoms with van der Waals surface area (Å²) < 4.78 is 0. The molecule has 5 nitrogen and oxygen atoms in total. The van der Waals surface area contributed by atoms with Crippen LogP contribution in [0.15, 0.2) is 0 Å². The van der Waals surface area contributed by atoms with Gasteiger partial charge in [0.2, 0.25) is 5.91 Å². The van der Waals surface area contributed by atoms with Gasteiger partial charge in [-0.2, -0.15) is 0 Å². The van der Waals surface area contributed by atoms with Crippen LogP contribution in [0.1, 0.15) is 38.5 Å². The van der Waals surface area contributed by atoms with E-state index in [1.807, 2.05) is 0 Å². The van der Waals surface area contributed by atoms with E-state index < -0.39 is 5.97 Å². The number of rotatable bonds is 4. The maximum absolute atomic E-state index is 11.8. The third-order valence-electron chi connectivity index (χ3n) is 2.96. The van der Waals surface area contributed by atoms with Gasteiger partial charge in [-0.3, -0.25) is 9.59 Å². The minimum absolute atomic E-state index is 0.0290. The van der Waals surface area contributed by atoms with Crippen molar-refractivity contribution in [2.24, 2.45) is 0 Å². The van der Waals surface area contributed by atoms with Gasteiger partial charge in [0.15, 0.2) is 0 Å². The van der Waals surface area contributed by atoms with Gasteiger partial charge in [0.1, 0.15) is 0 Å². The zero-order chi connectivity index (χ0) is 12.0. The first-order chi connectivity index (χ1) is 7.65. The van der Waals surface area contributed by atoms with Gasteiger partial charge < -0.3 is 15.1 Å². The highest BCUT2D eigenvalue weighted by Crippen LogP contribution is 2.17. The van der Waals surface area contributed by atoms with Gasteiger partial charge in [0, 0.05) is 13.0 Å². The first-order valence-corrected chi connectivity index (χ1v) is 5.77. The number of amides is 1. The summed E-state index contributed by atoms with van der Waals surface area (Å²) in [5.41, 5.74) is 0. The summed E-state index contributed by atoms with van der Waals surface area (Å²) in [7, 11) is 0. The molecule has 0 saturated carbocycles. The quantitative estimate of drug-likeness (QED) is 0.740. The van der Waals surface area contributed by atoms with Crippen LogP contribution >= 0.6 is 0 Å². The van der Waals surface area contributed by atoms with Crippen molar-refractivity contribution in [1.29, 1.82) is 0 Å². The number of hydrogen-bond acceptors (Lipinski definition) is 3. The number of aliphatic hydroxyl groups is 1. The molecular weight excluding hydrogens is 210 g/mol. The van der Waals surface area contributed by atoms with Crippen molar-refractivity contribution in [2.75, 3.05) is 13.2 Å². The van der Waals surface area contributed by atoms with Gasteiger partial charge in [-0.25, -0.2) is 0 Å². The summed E-state index contributed by atoms with van der Waals surface area (Å²) >= 11 is 0. The van der Waals surface area contributed by atoms with Crippen LogP contribution in [-0.2, 0) is 9.59 Å². The number of carboxylic acids is 1. The van der Waals surface area contributed by atoms with Crippen molar-refractivity contribution in [3.8, 4) is 0 Å². The van der Waals surface area contributed by atoms with Crippen molar-refractivity contribution in [3.63, 3.8) is 0 Å². The Morgan fingerprint density at radius 2 is 1.94 bits per heavy atom. The highest BCUT2D eigenvalue weighted by atomic mass is 16.4. The van der Waals surface area contributed by atoms with Crippen molar-refractivity contribution in [1.82, 2.24) is 4.90 Å². The molecule has 1 atom stereocenters. The number of nitrogens with zero attached hydrogens (tertiary/aromatic N) is 1. The monoisotopic (exact) mass is 229 g/mol. The lowest BCUT2D eigenvalue weighted by Crippen LogP contribution is -2.42. The Labute approximate surface area is 95.1 Å². The summed E-state index contributed by atoms with van der Waals surface area (Å²) in [6.45, 7) is 0.614. The molecule has 0 aromatic heterocycles. The van der Waals surface area contributed by atoms with Gasteiger partial charge in [-0.1, -0.05) is 12.8 Å². The molecule has 2 N–H and O–H groups in total. The number of aliphatic carboxylic acids is 1.